The Bertz CT molecular complexity index is 723. The maximum atomic E-state index is 12.5. The Morgan fingerprint density at radius 2 is 2.04 bits per heavy atom. The molecule has 2 aromatic rings. The monoisotopic (exact) mass is 330 g/mol. The summed E-state index contributed by atoms with van der Waals surface area (Å²) in [5, 5.41) is 13.0. The van der Waals surface area contributed by atoms with Gasteiger partial charge in [-0.15, -0.1) is 11.3 Å². The summed E-state index contributed by atoms with van der Waals surface area (Å²) in [5.74, 6) is -0.754. The zero-order valence-electron chi connectivity index (χ0n) is 12.8. The van der Waals surface area contributed by atoms with Gasteiger partial charge in [-0.05, 0) is 31.2 Å². The minimum atomic E-state index is -1.08. The van der Waals surface area contributed by atoms with E-state index in [2.05, 4.69) is 10.3 Å². The molecule has 1 aromatic carbocycles. The van der Waals surface area contributed by atoms with Gasteiger partial charge in [0.25, 0.3) is 5.91 Å². The third-order valence-corrected chi connectivity index (χ3v) is 5.04. The van der Waals surface area contributed by atoms with Crippen LogP contribution in [-0.2, 0) is 11.2 Å². The van der Waals surface area contributed by atoms with Crippen LogP contribution in [0.4, 0.5) is 0 Å². The number of hydrogen-bond acceptors (Lipinski definition) is 4. The molecule has 1 heterocycles. The number of rotatable bonds is 6. The molecule has 120 valence electrons. The van der Waals surface area contributed by atoms with Gasteiger partial charge >= 0.3 is 5.97 Å². The molecule has 5 nitrogen and oxygen atoms in total. The van der Waals surface area contributed by atoms with Gasteiger partial charge in [-0.3, -0.25) is 4.79 Å². The largest absolute Gasteiger partial charge is 0.479 e. The van der Waals surface area contributed by atoms with Crippen molar-refractivity contribution in [3.05, 3.63) is 51.5 Å². The van der Waals surface area contributed by atoms with Crippen molar-refractivity contribution in [1.29, 1.82) is 0 Å². The first-order valence-corrected chi connectivity index (χ1v) is 8.41. The van der Waals surface area contributed by atoms with E-state index in [0.717, 1.165) is 11.4 Å². The highest BCUT2D eigenvalue weighted by molar-refractivity contribution is 7.13. The van der Waals surface area contributed by atoms with E-state index in [1.165, 1.54) is 24.2 Å². The van der Waals surface area contributed by atoms with Crippen LogP contribution in [0, 0.1) is 12.8 Å². The first-order valence-electron chi connectivity index (χ1n) is 7.59. The van der Waals surface area contributed by atoms with Crippen molar-refractivity contribution in [3.63, 3.8) is 0 Å². The summed E-state index contributed by atoms with van der Waals surface area (Å²) in [5.41, 5.74) is 1.22. The fourth-order valence-electron chi connectivity index (χ4n) is 2.45. The van der Waals surface area contributed by atoms with E-state index in [0.29, 0.717) is 22.1 Å². The van der Waals surface area contributed by atoms with E-state index in [-0.39, 0.29) is 5.91 Å². The van der Waals surface area contributed by atoms with Gasteiger partial charge in [-0.25, -0.2) is 9.78 Å². The van der Waals surface area contributed by atoms with E-state index in [9.17, 15) is 14.7 Å². The summed E-state index contributed by atoms with van der Waals surface area (Å²) in [4.78, 5) is 28.9. The number of nitrogens with one attached hydrogen (secondary N) is 1. The molecule has 0 unspecified atom stereocenters. The molecular weight excluding hydrogens is 312 g/mol. The maximum Gasteiger partial charge on any atom is 0.330 e. The fraction of sp³-hybridized carbons (Fsp3) is 0.353. The number of nitrogens with zero attached hydrogens (tertiary/aromatic N) is 1. The Labute approximate surface area is 138 Å². The number of carbonyl (C=O) groups is 2. The van der Waals surface area contributed by atoms with Crippen LogP contribution in [-0.4, -0.2) is 22.0 Å². The normalized spacial score (nSPS) is 15.2. The van der Waals surface area contributed by atoms with Gasteiger partial charge in [-0.2, -0.15) is 0 Å². The molecule has 23 heavy (non-hydrogen) atoms. The van der Waals surface area contributed by atoms with Gasteiger partial charge in [0.1, 0.15) is 4.88 Å². The van der Waals surface area contributed by atoms with Gasteiger partial charge in [0.2, 0.25) is 0 Å². The number of aliphatic carboxylic acids is 1. The topological polar surface area (TPSA) is 79.3 Å². The number of carboxylic acids is 1. The molecule has 3 rings (SSSR count). The van der Waals surface area contributed by atoms with Gasteiger partial charge in [0.15, 0.2) is 6.04 Å². The number of aryl methyl sites for hydroxylation is 1. The molecule has 1 atom stereocenters. The minimum Gasteiger partial charge on any atom is -0.479 e. The predicted molar refractivity (Wildman–Crippen MR) is 87.6 cm³/mol. The third-order valence-electron chi connectivity index (χ3n) is 3.86. The second kappa shape index (κ2) is 6.50. The van der Waals surface area contributed by atoms with Gasteiger partial charge in [0, 0.05) is 6.42 Å². The van der Waals surface area contributed by atoms with Gasteiger partial charge in [-0.1, -0.05) is 30.3 Å². The summed E-state index contributed by atoms with van der Waals surface area (Å²) >= 11 is 1.37. The van der Waals surface area contributed by atoms with Crippen molar-refractivity contribution in [2.75, 3.05) is 0 Å². The lowest BCUT2D eigenvalue weighted by molar-refractivity contribution is -0.139. The number of benzene rings is 1. The summed E-state index contributed by atoms with van der Waals surface area (Å²) < 4.78 is 0. The molecular formula is C17H18N2O3S. The molecule has 1 aliphatic carbocycles. The number of carbonyl (C=O) groups excluding carboxylic acids is 1. The molecule has 1 aliphatic rings. The van der Waals surface area contributed by atoms with Crippen molar-refractivity contribution in [3.8, 4) is 0 Å². The Hall–Kier alpha value is -2.21. The summed E-state index contributed by atoms with van der Waals surface area (Å²) in [7, 11) is 0. The molecule has 0 spiro atoms. The standard InChI is InChI=1S/C17H18N2O3S/c1-10-15(23-13(18-10)9-11-7-8-11)16(20)19-14(17(21)22)12-5-3-2-4-6-12/h2-6,11,14H,7-9H2,1H3,(H,19,20)(H,21,22)/t14-/m0/s1. The van der Waals surface area contributed by atoms with Crippen LogP contribution in [0.25, 0.3) is 0 Å². The summed E-state index contributed by atoms with van der Waals surface area (Å²) in [6, 6.07) is 7.64. The van der Waals surface area contributed by atoms with E-state index in [1.54, 1.807) is 31.2 Å². The van der Waals surface area contributed by atoms with Gasteiger partial charge in [0.05, 0.1) is 10.7 Å². The number of carboxylic acid groups (broad SMARTS) is 1. The van der Waals surface area contributed by atoms with Crippen molar-refractivity contribution in [2.45, 2.75) is 32.2 Å². The zero-order chi connectivity index (χ0) is 16.4. The van der Waals surface area contributed by atoms with Crippen LogP contribution in [0.3, 0.4) is 0 Å². The quantitative estimate of drug-likeness (QED) is 0.853. The highest BCUT2D eigenvalue weighted by atomic mass is 32.1. The Morgan fingerprint density at radius 1 is 1.35 bits per heavy atom. The zero-order valence-corrected chi connectivity index (χ0v) is 13.6. The van der Waals surface area contributed by atoms with Crippen LogP contribution in [0.2, 0.25) is 0 Å². The Balaban J connectivity index is 1.76. The highest BCUT2D eigenvalue weighted by Gasteiger charge is 2.27. The molecule has 0 aliphatic heterocycles. The van der Waals surface area contributed by atoms with Crippen molar-refractivity contribution in [1.82, 2.24) is 10.3 Å². The number of thiazole rings is 1. The van der Waals surface area contributed by atoms with Crippen molar-refractivity contribution < 1.29 is 14.7 Å². The van der Waals surface area contributed by atoms with Crippen molar-refractivity contribution >= 4 is 23.2 Å². The molecule has 0 radical (unpaired) electrons. The van der Waals surface area contributed by atoms with Crippen LogP contribution in [0.15, 0.2) is 30.3 Å². The van der Waals surface area contributed by atoms with Crippen molar-refractivity contribution in [2.24, 2.45) is 5.92 Å². The Kier molecular flexibility index (Phi) is 4.43. The smallest absolute Gasteiger partial charge is 0.330 e. The molecule has 6 heteroatoms. The average Bonchev–Trinajstić information content (AvgIpc) is 3.26. The summed E-state index contributed by atoms with van der Waals surface area (Å²) in [6.45, 7) is 1.79. The Morgan fingerprint density at radius 3 is 2.65 bits per heavy atom. The number of aromatic nitrogens is 1. The highest BCUT2D eigenvalue weighted by Crippen LogP contribution is 2.34. The average molecular weight is 330 g/mol. The van der Waals surface area contributed by atoms with Crippen LogP contribution < -0.4 is 5.32 Å². The third kappa shape index (κ3) is 3.76. The minimum absolute atomic E-state index is 0.377. The van der Waals surface area contributed by atoms with Crippen LogP contribution in [0.1, 0.15) is 44.8 Å². The van der Waals surface area contributed by atoms with E-state index >= 15 is 0 Å². The van der Waals surface area contributed by atoms with Crippen LogP contribution >= 0.6 is 11.3 Å². The van der Waals surface area contributed by atoms with Gasteiger partial charge < -0.3 is 10.4 Å². The molecule has 2 N–H and O–H groups in total. The number of amides is 1. The molecule has 0 saturated heterocycles. The lowest BCUT2D eigenvalue weighted by atomic mass is 10.1. The second-order valence-electron chi connectivity index (χ2n) is 5.83. The molecule has 1 aromatic heterocycles. The maximum absolute atomic E-state index is 12.5. The summed E-state index contributed by atoms with van der Waals surface area (Å²) in [6.07, 6.45) is 3.38. The first kappa shape index (κ1) is 15.7. The lowest BCUT2D eigenvalue weighted by Gasteiger charge is -2.14. The second-order valence-corrected chi connectivity index (χ2v) is 6.91. The SMILES string of the molecule is Cc1nc(CC2CC2)sc1C(=O)N[C@H](C(=O)O)c1ccccc1. The van der Waals surface area contributed by atoms with E-state index in [1.807, 2.05) is 6.07 Å². The lowest BCUT2D eigenvalue weighted by Crippen LogP contribution is -2.33. The van der Waals surface area contributed by atoms with E-state index in [4.69, 9.17) is 0 Å². The van der Waals surface area contributed by atoms with E-state index < -0.39 is 12.0 Å². The molecule has 1 amide bonds. The predicted octanol–water partition coefficient (Wildman–Crippen LogP) is 2.96. The van der Waals surface area contributed by atoms with Crippen LogP contribution in [0.5, 0.6) is 0 Å². The fourth-order valence-corrected chi connectivity index (χ4v) is 3.53. The first-order chi connectivity index (χ1) is 11.0. The molecule has 1 fully saturated rings. The number of hydrogen-bond donors (Lipinski definition) is 2. The molecule has 1 saturated carbocycles. The molecule has 0 bridgehead atoms.